The van der Waals surface area contributed by atoms with Crippen LogP contribution in [0.25, 0.3) is 10.8 Å². The lowest BCUT2D eigenvalue weighted by Crippen LogP contribution is -2.25. The fourth-order valence-corrected chi connectivity index (χ4v) is 2.35. The van der Waals surface area contributed by atoms with E-state index in [1.807, 2.05) is 50.2 Å². The van der Waals surface area contributed by atoms with Gasteiger partial charge in [0, 0.05) is 5.71 Å². The molecule has 0 aliphatic rings. The number of hydrogen-bond acceptors (Lipinski definition) is 3. The molecule has 0 saturated heterocycles. The molecule has 0 bridgehead atoms. The van der Waals surface area contributed by atoms with Crippen LogP contribution in [0.1, 0.15) is 20.3 Å². The normalized spacial score (nSPS) is 11.5. The molecule has 2 aromatic rings. The lowest BCUT2D eigenvalue weighted by molar-refractivity contribution is -0.123. The SMILES string of the molecule is CC/C(C)=N\NC(=O)COc1ccc2ccccc2c1Br. The number of fused-ring (bicyclic) bond motifs is 1. The fourth-order valence-electron chi connectivity index (χ4n) is 1.74. The first-order valence-electron chi connectivity index (χ1n) is 6.74. The van der Waals surface area contributed by atoms with Gasteiger partial charge in [-0.1, -0.05) is 37.3 Å². The van der Waals surface area contributed by atoms with Gasteiger partial charge in [-0.15, -0.1) is 0 Å². The maximum Gasteiger partial charge on any atom is 0.277 e. The Morgan fingerprint density at radius 2 is 2.05 bits per heavy atom. The van der Waals surface area contributed by atoms with E-state index in [-0.39, 0.29) is 12.5 Å². The standard InChI is InChI=1S/C16H17BrN2O2/c1-3-11(2)18-19-15(20)10-21-14-9-8-12-6-4-5-7-13(12)16(14)17/h4-9H,3,10H2,1-2H3,(H,19,20)/b18-11-. The predicted octanol–water partition coefficient (Wildman–Crippen LogP) is 3.88. The lowest BCUT2D eigenvalue weighted by atomic mass is 10.1. The van der Waals surface area contributed by atoms with Gasteiger partial charge in [-0.05, 0) is 46.1 Å². The molecule has 0 aliphatic heterocycles. The van der Waals surface area contributed by atoms with Crippen LogP contribution in [0, 0.1) is 0 Å². The van der Waals surface area contributed by atoms with Gasteiger partial charge < -0.3 is 4.74 Å². The van der Waals surface area contributed by atoms with E-state index in [1.54, 1.807) is 0 Å². The average Bonchev–Trinajstić information content (AvgIpc) is 2.52. The molecule has 1 amide bonds. The van der Waals surface area contributed by atoms with Gasteiger partial charge in [-0.25, -0.2) is 5.43 Å². The van der Waals surface area contributed by atoms with Gasteiger partial charge in [0.15, 0.2) is 6.61 Å². The predicted molar refractivity (Wildman–Crippen MR) is 88.7 cm³/mol. The molecule has 5 heteroatoms. The highest BCUT2D eigenvalue weighted by Gasteiger charge is 2.08. The number of ether oxygens (including phenoxy) is 1. The highest BCUT2D eigenvalue weighted by atomic mass is 79.9. The summed E-state index contributed by atoms with van der Waals surface area (Å²) < 4.78 is 6.39. The molecule has 0 spiro atoms. The topological polar surface area (TPSA) is 50.7 Å². The Labute approximate surface area is 132 Å². The maximum absolute atomic E-state index is 11.7. The van der Waals surface area contributed by atoms with Crippen molar-refractivity contribution >= 4 is 38.3 Å². The summed E-state index contributed by atoms with van der Waals surface area (Å²) in [6.07, 6.45) is 0.803. The molecule has 0 aromatic heterocycles. The highest BCUT2D eigenvalue weighted by Crippen LogP contribution is 2.32. The number of hydrogen-bond donors (Lipinski definition) is 1. The van der Waals surface area contributed by atoms with Crippen LogP contribution in [0.15, 0.2) is 46.0 Å². The molecule has 0 saturated carbocycles. The molecule has 2 aromatic carbocycles. The second kappa shape index (κ2) is 7.22. The summed E-state index contributed by atoms with van der Waals surface area (Å²) in [5.74, 6) is 0.364. The molecule has 0 atom stereocenters. The van der Waals surface area contributed by atoms with Gasteiger partial charge in [0.1, 0.15) is 5.75 Å². The molecule has 0 fully saturated rings. The second-order valence-corrected chi connectivity index (χ2v) is 5.42. The molecule has 1 N–H and O–H groups in total. The molecule has 0 radical (unpaired) electrons. The first kappa shape index (κ1) is 15.5. The largest absolute Gasteiger partial charge is 0.483 e. The van der Waals surface area contributed by atoms with Gasteiger partial charge in [-0.3, -0.25) is 4.79 Å². The van der Waals surface area contributed by atoms with E-state index in [1.165, 1.54) is 0 Å². The Morgan fingerprint density at radius 3 is 2.81 bits per heavy atom. The van der Waals surface area contributed by atoms with Crippen LogP contribution in [0.5, 0.6) is 5.75 Å². The van der Waals surface area contributed by atoms with Gasteiger partial charge in [-0.2, -0.15) is 5.10 Å². The van der Waals surface area contributed by atoms with Crippen molar-refractivity contribution in [2.75, 3.05) is 6.61 Å². The van der Waals surface area contributed by atoms with Crippen molar-refractivity contribution < 1.29 is 9.53 Å². The third-order valence-electron chi connectivity index (χ3n) is 3.07. The van der Waals surface area contributed by atoms with E-state index in [2.05, 4.69) is 26.5 Å². The zero-order chi connectivity index (χ0) is 15.2. The van der Waals surface area contributed by atoms with Gasteiger partial charge in [0.2, 0.25) is 0 Å². The number of nitrogens with one attached hydrogen (secondary N) is 1. The molecule has 21 heavy (non-hydrogen) atoms. The second-order valence-electron chi connectivity index (χ2n) is 4.62. The summed E-state index contributed by atoms with van der Waals surface area (Å²) >= 11 is 3.52. The first-order chi connectivity index (χ1) is 10.1. The number of amides is 1. The monoisotopic (exact) mass is 348 g/mol. The van der Waals surface area contributed by atoms with Crippen LogP contribution < -0.4 is 10.2 Å². The molecule has 110 valence electrons. The Morgan fingerprint density at radius 1 is 1.29 bits per heavy atom. The smallest absolute Gasteiger partial charge is 0.277 e. The van der Waals surface area contributed by atoms with Crippen LogP contribution in [0.3, 0.4) is 0 Å². The van der Waals surface area contributed by atoms with Gasteiger partial charge >= 0.3 is 0 Å². The van der Waals surface area contributed by atoms with Crippen LogP contribution in [0.4, 0.5) is 0 Å². The molecular formula is C16H17BrN2O2. The van der Waals surface area contributed by atoms with Gasteiger partial charge in [0.25, 0.3) is 5.91 Å². The Kier molecular flexibility index (Phi) is 5.33. The number of nitrogens with zero attached hydrogens (tertiary/aromatic N) is 1. The van der Waals surface area contributed by atoms with Crippen molar-refractivity contribution in [2.24, 2.45) is 5.10 Å². The number of carbonyl (C=O) groups excluding carboxylic acids is 1. The van der Waals surface area contributed by atoms with Gasteiger partial charge in [0.05, 0.1) is 4.47 Å². The van der Waals surface area contributed by atoms with E-state index in [9.17, 15) is 4.79 Å². The molecule has 4 nitrogen and oxygen atoms in total. The first-order valence-corrected chi connectivity index (χ1v) is 7.53. The maximum atomic E-state index is 11.7. The Bertz CT molecular complexity index is 683. The summed E-state index contributed by atoms with van der Waals surface area (Å²) in [6, 6.07) is 11.8. The highest BCUT2D eigenvalue weighted by molar-refractivity contribution is 9.10. The fraction of sp³-hybridized carbons (Fsp3) is 0.250. The average molecular weight is 349 g/mol. The van der Waals surface area contributed by atoms with Crippen molar-refractivity contribution in [1.82, 2.24) is 5.43 Å². The minimum Gasteiger partial charge on any atom is -0.483 e. The lowest BCUT2D eigenvalue weighted by Gasteiger charge is -2.09. The van der Waals surface area contributed by atoms with Crippen molar-refractivity contribution in [3.8, 4) is 5.75 Å². The van der Waals surface area contributed by atoms with E-state index >= 15 is 0 Å². The van der Waals surface area contributed by atoms with Crippen molar-refractivity contribution in [2.45, 2.75) is 20.3 Å². The van der Waals surface area contributed by atoms with Crippen molar-refractivity contribution in [1.29, 1.82) is 0 Å². The number of rotatable bonds is 5. The number of hydrazone groups is 1. The summed E-state index contributed by atoms with van der Waals surface area (Å²) in [5.41, 5.74) is 3.34. The minimum absolute atomic E-state index is 0.0720. The summed E-state index contributed by atoms with van der Waals surface area (Å²) in [7, 11) is 0. The number of benzene rings is 2. The molecule has 0 unspecified atom stereocenters. The third-order valence-corrected chi connectivity index (χ3v) is 3.89. The van der Waals surface area contributed by atoms with E-state index in [0.717, 1.165) is 27.4 Å². The summed E-state index contributed by atoms with van der Waals surface area (Å²) in [5, 5.41) is 6.12. The van der Waals surface area contributed by atoms with E-state index < -0.39 is 0 Å². The van der Waals surface area contributed by atoms with Crippen LogP contribution >= 0.6 is 15.9 Å². The number of halogens is 1. The van der Waals surface area contributed by atoms with Crippen LogP contribution in [0.2, 0.25) is 0 Å². The molecule has 2 rings (SSSR count). The van der Waals surface area contributed by atoms with Crippen LogP contribution in [-0.2, 0) is 4.79 Å². The zero-order valence-corrected chi connectivity index (χ0v) is 13.6. The third kappa shape index (κ3) is 4.04. The summed E-state index contributed by atoms with van der Waals surface area (Å²) in [4.78, 5) is 11.7. The van der Waals surface area contributed by atoms with Crippen molar-refractivity contribution in [3.63, 3.8) is 0 Å². The molecule has 0 heterocycles. The quantitative estimate of drug-likeness (QED) is 0.658. The van der Waals surface area contributed by atoms with E-state index in [4.69, 9.17) is 4.74 Å². The summed E-state index contributed by atoms with van der Waals surface area (Å²) in [6.45, 7) is 3.77. The van der Waals surface area contributed by atoms with E-state index in [0.29, 0.717) is 5.75 Å². The molecular weight excluding hydrogens is 332 g/mol. The van der Waals surface area contributed by atoms with Crippen LogP contribution in [-0.4, -0.2) is 18.2 Å². The Balaban J connectivity index is 2.04. The zero-order valence-electron chi connectivity index (χ0n) is 12.0. The number of carbonyl (C=O) groups is 1. The van der Waals surface area contributed by atoms with Crippen molar-refractivity contribution in [3.05, 3.63) is 40.9 Å². The molecule has 0 aliphatic carbocycles. The minimum atomic E-state index is -0.275. The Hall–Kier alpha value is -1.88.